The Hall–Kier alpha value is -2.17. The van der Waals surface area contributed by atoms with Crippen molar-refractivity contribution in [3.63, 3.8) is 0 Å². The molecule has 0 spiro atoms. The number of nitrogens with one attached hydrogen (secondary N) is 1. The zero-order valence-electron chi connectivity index (χ0n) is 15.5. The standard InChI is InChI=1S/C19H22F2N4O2.HI/c1-22-19(23-7-6-14-13-15(20)4-5-16(14)21)25-10-8-24(9-11-25)18(26)17-3-2-12-27-17;/h2-5,12-13H,6-11H2,1H3,(H,22,23);1H. The maximum absolute atomic E-state index is 13.7. The highest BCUT2D eigenvalue weighted by Gasteiger charge is 2.25. The summed E-state index contributed by atoms with van der Waals surface area (Å²) in [5, 5.41) is 3.17. The van der Waals surface area contributed by atoms with Crippen molar-refractivity contribution in [2.45, 2.75) is 6.42 Å². The van der Waals surface area contributed by atoms with Gasteiger partial charge in [-0.05, 0) is 42.3 Å². The van der Waals surface area contributed by atoms with Crippen LogP contribution in [0.2, 0.25) is 0 Å². The van der Waals surface area contributed by atoms with E-state index in [2.05, 4.69) is 10.3 Å². The monoisotopic (exact) mass is 504 g/mol. The topological polar surface area (TPSA) is 61.1 Å². The van der Waals surface area contributed by atoms with E-state index in [1.165, 1.54) is 12.3 Å². The fraction of sp³-hybridized carbons (Fsp3) is 0.368. The SMILES string of the molecule is CN=C(NCCc1cc(F)ccc1F)N1CCN(C(=O)c2ccco2)CC1.I. The molecule has 1 aromatic carbocycles. The van der Waals surface area contributed by atoms with Gasteiger partial charge in [0.05, 0.1) is 6.26 Å². The summed E-state index contributed by atoms with van der Waals surface area (Å²) in [6.45, 7) is 2.79. The summed E-state index contributed by atoms with van der Waals surface area (Å²) in [5.41, 5.74) is 0.326. The van der Waals surface area contributed by atoms with Crippen LogP contribution in [0.15, 0.2) is 46.0 Å². The first kappa shape index (κ1) is 22.1. The maximum Gasteiger partial charge on any atom is 0.289 e. The summed E-state index contributed by atoms with van der Waals surface area (Å²) < 4.78 is 32.1. The first-order valence-corrected chi connectivity index (χ1v) is 8.81. The predicted molar refractivity (Wildman–Crippen MR) is 113 cm³/mol. The molecule has 0 unspecified atom stereocenters. The molecule has 1 aromatic heterocycles. The highest BCUT2D eigenvalue weighted by molar-refractivity contribution is 14.0. The van der Waals surface area contributed by atoms with E-state index in [-0.39, 0.29) is 29.9 Å². The lowest BCUT2D eigenvalue weighted by Gasteiger charge is -2.36. The maximum atomic E-state index is 13.7. The van der Waals surface area contributed by atoms with Gasteiger partial charge in [0.15, 0.2) is 11.7 Å². The molecule has 1 saturated heterocycles. The minimum atomic E-state index is -0.451. The molecule has 0 saturated carbocycles. The summed E-state index contributed by atoms with van der Waals surface area (Å²) in [7, 11) is 1.67. The van der Waals surface area contributed by atoms with E-state index >= 15 is 0 Å². The number of benzene rings is 1. The van der Waals surface area contributed by atoms with Crippen LogP contribution in [-0.2, 0) is 6.42 Å². The molecular formula is C19H23F2IN4O2. The second-order valence-electron chi connectivity index (χ2n) is 6.22. The first-order chi connectivity index (χ1) is 13.1. The number of aliphatic imine (C=N–C) groups is 1. The first-order valence-electron chi connectivity index (χ1n) is 8.81. The van der Waals surface area contributed by atoms with Crippen LogP contribution in [0, 0.1) is 11.6 Å². The summed E-state index contributed by atoms with van der Waals surface area (Å²) in [4.78, 5) is 20.3. The number of halogens is 3. The second kappa shape index (κ2) is 10.4. The second-order valence-corrected chi connectivity index (χ2v) is 6.22. The van der Waals surface area contributed by atoms with Gasteiger partial charge >= 0.3 is 0 Å². The Morgan fingerprint density at radius 3 is 2.54 bits per heavy atom. The van der Waals surface area contributed by atoms with Crippen LogP contribution in [0.25, 0.3) is 0 Å². The number of carbonyl (C=O) groups excluding carboxylic acids is 1. The molecule has 3 rings (SSSR count). The van der Waals surface area contributed by atoms with E-state index in [4.69, 9.17) is 4.42 Å². The Morgan fingerprint density at radius 2 is 1.89 bits per heavy atom. The molecule has 0 radical (unpaired) electrons. The third kappa shape index (κ3) is 5.43. The van der Waals surface area contributed by atoms with Crippen LogP contribution in [-0.4, -0.2) is 61.4 Å². The largest absolute Gasteiger partial charge is 0.459 e. The number of piperazine rings is 1. The molecule has 1 aliphatic rings. The molecule has 1 aliphatic heterocycles. The van der Waals surface area contributed by atoms with Gasteiger partial charge in [-0.25, -0.2) is 8.78 Å². The fourth-order valence-electron chi connectivity index (χ4n) is 3.05. The zero-order valence-corrected chi connectivity index (χ0v) is 17.9. The molecule has 1 N–H and O–H groups in total. The summed E-state index contributed by atoms with van der Waals surface area (Å²) >= 11 is 0. The Balaban J connectivity index is 0.00000280. The minimum absolute atomic E-state index is 0. The van der Waals surface area contributed by atoms with Crippen molar-refractivity contribution in [2.24, 2.45) is 4.99 Å². The number of carbonyl (C=O) groups is 1. The van der Waals surface area contributed by atoms with E-state index in [1.54, 1.807) is 24.1 Å². The Morgan fingerprint density at radius 1 is 1.18 bits per heavy atom. The number of furan rings is 1. The normalized spacial score (nSPS) is 14.6. The van der Waals surface area contributed by atoms with E-state index in [1.807, 2.05) is 4.90 Å². The molecule has 0 aliphatic carbocycles. The van der Waals surface area contributed by atoms with Gasteiger partial charge in [-0.1, -0.05) is 0 Å². The lowest BCUT2D eigenvalue weighted by Crippen LogP contribution is -2.54. The molecule has 152 valence electrons. The van der Waals surface area contributed by atoms with Gasteiger partial charge in [0.25, 0.3) is 5.91 Å². The zero-order chi connectivity index (χ0) is 19.2. The van der Waals surface area contributed by atoms with Crippen LogP contribution in [0.1, 0.15) is 16.1 Å². The average Bonchev–Trinajstić information content (AvgIpc) is 3.22. The van der Waals surface area contributed by atoms with Crippen molar-refractivity contribution in [1.29, 1.82) is 0 Å². The molecule has 2 heterocycles. The minimum Gasteiger partial charge on any atom is -0.459 e. The van der Waals surface area contributed by atoms with Crippen LogP contribution >= 0.6 is 24.0 Å². The van der Waals surface area contributed by atoms with E-state index < -0.39 is 11.6 Å². The lowest BCUT2D eigenvalue weighted by atomic mass is 10.1. The van der Waals surface area contributed by atoms with Crippen molar-refractivity contribution >= 4 is 35.8 Å². The van der Waals surface area contributed by atoms with Crippen LogP contribution in [0.4, 0.5) is 8.78 Å². The molecule has 9 heteroatoms. The third-order valence-electron chi connectivity index (χ3n) is 4.50. The van der Waals surface area contributed by atoms with Gasteiger partial charge in [0.2, 0.25) is 0 Å². The Labute approximate surface area is 179 Å². The Kier molecular flexibility index (Phi) is 8.21. The van der Waals surface area contributed by atoms with E-state index in [0.29, 0.717) is 56.4 Å². The number of rotatable bonds is 4. The molecule has 2 aromatic rings. The van der Waals surface area contributed by atoms with Crippen molar-refractivity contribution in [1.82, 2.24) is 15.1 Å². The van der Waals surface area contributed by atoms with Gasteiger partial charge in [-0.3, -0.25) is 9.79 Å². The van der Waals surface area contributed by atoms with Crippen molar-refractivity contribution < 1.29 is 18.0 Å². The molecule has 1 fully saturated rings. The summed E-state index contributed by atoms with van der Waals surface area (Å²) in [5.74, 6) is 0.0236. The van der Waals surface area contributed by atoms with E-state index in [0.717, 1.165) is 12.1 Å². The van der Waals surface area contributed by atoms with Crippen molar-refractivity contribution in [2.75, 3.05) is 39.8 Å². The van der Waals surface area contributed by atoms with Gasteiger partial charge in [-0.2, -0.15) is 0 Å². The van der Waals surface area contributed by atoms with Crippen molar-refractivity contribution in [3.8, 4) is 0 Å². The quantitative estimate of drug-likeness (QED) is 0.396. The van der Waals surface area contributed by atoms with Gasteiger partial charge in [0, 0.05) is 39.8 Å². The molecule has 6 nitrogen and oxygen atoms in total. The molecule has 0 bridgehead atoms. The number of amides is 1. The highest BCUT2D eigenvalue weighted by Crippen LogP contribution is 2.11. The predicted octanol–water partition coefficient (Wildman–Crippen LogP) is 2.75. The number of nitrogens with zero attached hydrogens (tertiary/aromatic N) is 3. The highest BCUT2D eigenvalue weighted by atomic mass is 127. The van der Waals surface area contributed by atoms with Crippen molar-refractivity contribution in [3.05, 3.63) is 59.6 Å². The van der Waals surface area contributed by atoms with Gasteiger partial charge in [0.1, 0.15) is 11.6 Å². The molecular weight excluding hydrogens is 481 g/mol. The van der Waals surface area contributed by atoms with E-state index in [9.17, 15) is 13.6 Å². The molecule has 1 amide bonds. The van der Waals surface area contributed by atoms with Gasteiger partial charge < -0.3 is 19.5 Å². The number of guanidine groups is 1. The summed E-state index contributed by atoms with van der Waals surface area (Å²) in [6.07, 6.45) is 1.83. The van der Waals surface area contributed by atoms with Crippen LogP contribution < -0.4 is 5.32 Å². The van der Waals surface area contributed by atoms with Gasteiger partial charge in [-0.15, -0.1) is 24.0 Å². The fourth-order valence-corrected chi connectivity index (χ4v) is 3.05. The molecule has 0 atom stereocenters. The Bertz CT molecular complexity index is 806. The third-order valence-corrected chi connectivity index (χ3v) is 4.50. The summed E-state index contributed by atoms with van der Waals surface area (Å²) in [6, 6.07) is 6.79. The molecule has 28 heavy (non-hydrogen) atoms. The van der Waals surface area contributed by atoms with Crippen LogP contribution in [0.5, 0.6) is 0 Å². The average molecular weight is 504 g/mol. The van der Waals surface area contributed by atoms with Crippen LogP contribution in [0.3, 0.4) is 0 Å². The smallest absolute Gasteiger partial charge is 0.289 e. The number of hydrogen-bond donors (Lipinski definition) is 1. The lowest BCUT2D eigenvalue weighted by molar-refractivity contribution is 0.0658. The number of hydrogen-bond acceptors (Lipinski definition) is 3.